The van der Waals surface area contributed by atoms with Crippen LogP contribution < -0.4 is 5.32 Å². The average molecular weight is 256 g/mol. The summed E-state index contributed by atoms with van der Waals surface area (Å²) in [5.74, 6) is -0.0217. The zero-order valence-electron chi connectivity index (χ0n) is 11.2. The van der Waals surface area contributed by atoms with Crippen molar-refractivity contribution in [3.05, 3.63) is 0 Å². The van der Waals surface area contributed by atoms with Crippen molar-refractivity contribution in [1.29, 1.82) is 0 Å². The van der Waals surface area contributed by atoms with Crippen LogP contribution in [0.4, 0.5) is 4.79 Å². The minimum Gasteiger partial charge on any atom is -0.481 e. The third-order valence-electron chi connectivity index (χ3n) is 3.41. The van der Waals surface area contributed by atoms with Crippen LogP contribution in [0.3, 0.4) is 0 Å². The van der Waals surface area contributed by atoms with Crippen molar-refractivity contribution in [3.63, 3.8) is 0 Å². The number of likely N-dealkylation sites (tertiary alicyclic amines) is 1. The molecule has 0 radical (unpaired) electrons. The lowest BCUT2D eigenvalue weighted by atomic mass is 10.00. The van der Waals surface area contributed by atoms with Crippen LogP contribution in [0, 0.1) is 5.92 Å². The third-order valence-corrected chi connectivity index (χ3v) is 3.41. The molecule has 2 N–H and O–H groups in total. The number of carboxylic acid groups (broad SMARTS) is 1. The van der Waals surface area contributed by atoms with E-state index in [9.17, 15) is 9.59 Å². The monoisotopic (exact) mass is 256 g/mol. The summed E-state index contributed by atoms with van der Waals surface area (Å²) in [6.45, 7) is 4.57. The molecule has 1 heterocycles. The number of rotatable bonds is 6. The van der Waals surface area contributed by atoms with Gasteiger partial charge in [-0.1, -0.05) is 13.3 Å². The average Bonchev–Trinajstić information content (AvgIpc) is 2.34. The van der Waals surface area contributed by atoms with Gasteiger partial charge in [0.2, 0.25) is 0 Å². The van der Waals surface area contributed by atoms with Gasteiger partial charge in [0.15, 0.2) is 0 Å². The Morgan fingerprint density at radius 1 is 1.22 bits per heavy atom. The van der Waals surface area contributed by atoms with E-state index in [1.54, 1.807) is 0 Å². The molecule has 0 unspecified atom stereocenters. The number of unbranched alkanes of at least 4 members (excludes halogenated alkanes) is 2. The molecule has 1 aliphatic heterocycles. The number of amides is 2. The number of piperidine rings is 1. The standard InChI is InChI=1S/C13H24N2O3/c1-11-6-9-15(10-7-11)13(18)14-8-4-2-3-5-12(16)17/h11H,2-10H2,1H3,(H,14,18)(H,16,17). The predicted molar refractivity (Wildman–Crippen MR) is 69.5 cm³/mol. The molecule has 0 aromatic carbocycles. The normalized spacial score (nSPS) is 16.6. The van der Waals surface area contributed by atoms with Crippen molar-refractivity contribution < 1.29 is 14.7 Å². The summed E-state index contributed by atoms with van der Waals surface area (Å²) in [7, 11) is 0. The zero-order chi connectivity index (χ0) is 13.4. The van der Waals surface area contributed by atoms with Gasteiger partial charge in [0, 0.05) is 26.1 Å². The molecule has 0 saturated carbocycles. The Kier molecular flexibility index (Phi) is 6.54. The molecule has 2 amide bonds. The number of urea groups is 1. The third kappa shape index (κ3) is 5.89. The van der Waals surface area contributed by atoms with Crippen LogP contribution in [0.1, 0.15) is 45.4 Å². The van der Waals surface area contributed by atoms with Crippen LogP contribution in [0.15, 0.2) is 0 Å². The molecule has 0 aromatic rings. The fourth-order valence-corrected chi connectivity index (χ4v) is 2.10. The van der Waals surface area contributed by atoms with E-state index >= 15 is 0 Å². The second kappa shape index (κ2) is 7.95. The molecule has 5 nitrogen and oxygen atoms in total. The molecule has 1 rings (SSSR count). The van der Waals surface area contributed by atoms with Crippen LogP contribution in [0.25, 0.3) is 0 Å². The maximum atomic E-state index is 11.8. The Bertz CT molecular complexity index is 273. The summed E-state index contributed by atoms with van der Waals surface area (Å²) in [6, 6.07) is 0.0279. The molecule has 1 aliphatic rings. The number of carboxylic acids is 1. The highest BCUT2D eigenvalue weighted by Crippen LogP contribution is 2.15. The number of carbonyl (C=O) groups excluding carboxylic acids is 1. The van der Waals surface area contributed by atoms with Crippen LogP contribution >= 0.6 is 0 Å². The van der Waals surface area contributed by atoms with Crippen molar-refractivity contribution in [1.82, 2.24) is 10.2 Å². The second-order valence-corrected chi connectivity index (χ2v) is 5.11. The van der Waals surface area contributed by atoms with Crippen molar-refractivity contribution >= 4 is 12.0 Å². The van der Waals surface area contributed by atoms with E-state index in [0.29, 0.717) is 13.0 Å². The van der Waals surface area contributed by atoms with E-state index in [1.807, 2.05) is 4.90 Å². The van der Waals surface area contributed by atoms with Crippen LogP contribution in [-0.2, 0) is 4.79 Å². The van der Waals surface area contributed by atoms with Crippen molar-refractivity contribution in [2.75, 3.05) is 19.6 Å². The van der Waals surface area contributed by atoms with Crippen molar-refractivity contribution in [2.45, 2.75) is 45.4 Å². The van der Waals surface area contributed by atoms with E-state index in [1.165, 1.54) is 0 Å². The van der Waals surface area contributed by atoms with Gasteiger partial charge in [-0.2, -0.15) is 0 Å². The first-order valence-corrected chi connectivity index (χ1v) is 6.84. The molecular weight excluding hydrogens is 232 g/mol. The van der Waals surface area contributed by atoms with E-state index in [-0.39, 0.29) is 12.5 Å². The molecule has 0 aromatic heterocycles. The zero-order valence-corrected chi connectivity index (χ0v) is 11.2. The largest absolute Gasteiger partial charge is 0.481 e. The molecule has 0 spiro atoms. The van der Waals surface area contributed by atoms with Crippen LogP contribution in [0.5, 0.6) is 0 Å². The maximum absolute atomic E-state index is 11.8. The minimum absolute atomic E-state index is 0.0279. The first kappa shape index (κ1) is 14.8. The number of aliphatic carboxylic acids is 1. The Balaban J connectivity index is 2.01. The van der Waals surface area contributed by atoms with Gasteiger partial charge in [0.1, 0.15) is 0 Å². The predicted octanol–water partition coefficient (Wildman–Crippen LogP) is 2.07. The Morgan fingerprint density at radius 2 is 1.89 bits per heavy atom. The lowest BCUT2D eigenvalue weighted by Gasteiger charge is -2.30. The maximum Gasteiger partial charge on any atom is 0.317 e. The number of carbonyl (C=O) groups is 2. The number of nitrogens with zero attached hydrogens (tertiary/aromatic N) is 1. The highest BCUT2D eigenvalue weighted by atomic mass is 16.4. The highest BCUT2D eigenvalue weighted by Gasteiger charge is 2.19. The van der Waals surface area contributed by atoms with Crippen LogP contribution in [-0.4, -0.2) is 41.6 Å². The van der Waals surface area contributed by atoms with E-state index in [0.717, 1.165) is 44.7 Å². The lowest BCUT2D eigenvalue weighted by molar-refractivity contribution is -0.137. The highest BCUT2D eigenvalue weighted by molar-refractivity contribution is 5.74. The van der Waals surface area contributed by atoms with Gasteiger partial charge in [-0.05, 0) is 31.6 Å². The number of nitrogens with one attached hydrogen (secondary N) is 1. The van der Waals surface area contributed by atoms with Gasteiger partial charge < -0.3 is 15.3 Å². The molecule has 1 fully saturated rings. The summed E-state index contributed by atoms with van der Waals surface area (Å²) in [6.07, 6.45) is 4.79. The van der Waals surface area contributed by atoms with E-state index in [2.05, 4.69) is 12.2 Å². The van der Waals surface area contributed by atoms with Gasteiger partial charge in [0.25, 0.3) is 0 Å². The Labute approximate surface area is 109 Å². The summed E-state index contributed by atoms with van der Waals surface area (Å²) >= 11 is 0. The summed E-state index contributed by atoms with van der Waals surface area (Å²) in [5.41, 5.74) is 0. The van der Waals surface area contributed by atoms with Gasteiger partial charge in [0.05, 0.1) is 0 Å². The van der Waals surface area contributed by atoms with Gasteiger partial charge in [-0.15, -0.1) is 0 Å². The molecule has 1 saturated heterocycles. The molecule has 18 heavy (non-hydrogen) atoms. The first-order chi connectivity index (χ1) is 8.59. The molecule has 0 bridgehead atoms. The van der Waals surface area contributed by atoms with Crippen LogP contribution in [0.2, 0.25) is 0 Å². The van der Waals surface area contributed by atoms with Crippen molar-refractivity contribution in [2.24, 2.45) is 5.92 Å². The van der Waals surface area contributed by atoms with Crippen molar-refractivity contribution in [3.8, 4) is 0 Å². The summed E-state index contributed by atoms with van der Waals surface area (Å²) in [4.78, 5) is 23.9. The smallest absolute Gasteiger partial charge is 0.317 e. The topological polar surface area (TPSA) is 69.6 Å². The fraction of sp³-hybridized carbons (Fsp3) is 0.846. The summed E-state index contributed by atoms with van der Waals surface area (Å²) < 4.78 is 0. The van der Waals surface area contributed by atoms with Gasteiger partial charge >= 0.3 is 12.0 Å². The van der Waals surface area contributed by atoms with E-state index < -0.39 is 5.97 Å². The molecular formula is C13H24N2O3. The minimum atomic E-state index is -0.749. The lowest BCUT2D eigenvalue weighted by Crippen LogP contribution is -2.44. The summed E-state index contributed by atoms with van der Waals surface area (Å²) in [5, 5.41) is 11.4. The fourth-order valence-electron chi connectivity index (χ4n) is 2.10. The molecule has 0 aliphatic carbocycles. The van der Waals surface area contributed by atoms with Gasteiger partial charge in [-0.3, -0.25) is 4.79 Å². The molecule has 104 valence electrons. The number of hydrogen-bond donors (Lipinski definition) is 2. The molecule has 0 atom stereocenters. The Morgan fingerprint density at radius 3 is 2.50 bits per heavy atom. The van der Waals surface area contributed by atoms with Gasteiger partial charge in [-0.25, -0.2) is 4.79 Å². The SMILES string of the molecule is CC1CCN(C(=O)NCCCCCC(=O)O)CC1. The second-order valence-electron chi connectivity index (χ2n) is 5.11. The van der Waals surface area contributed by atoms with E-state index in [4.69, 9.17) is 5.11 Å². The quantitative estimate of drug-likeness (QED) is 0.715. The first-order valence-electron chi connectivity index (χ1n) is 6.84. The number of hydrogen-bond acceptors (Lipinski definition) is 2. The molecule has 5 heteroatoms. The Hall–Kier alpha value is -1.26.